The number of anilines is 1. The molecule has 2 amide bonds. The van der Waals surface area contributed by atoms with Crippen molar-refractivity contribution in [2.45, 2.75) is 44.8 Å². The third-order valence-electron chi connectivity index (χ3n) is 6.47. The van der Waals surface area contributed by atoms with Gasteiger partial charge in [0, 0.05) is 42.9 Å². The Hall–Kier alpha value is -3.24. The van der Waals surface area contributed by atoms with Gasteiger partial charge in [-0.15, -0.1) is 11.8 Å². The number of hydrogen-bond donors (Lipinski definition) is 1. The molecule has 1 atom stereocenters. The molecule has 39 heavy (non-hydrogen) atoms. The average Bonchev–Trinajstić information content (AvgIpc) is 3.21. The number of carbonyl (C=O) groups excluding carboxylic acids is 2. The van der Waals surface area contributed by atoms with Crippen molar-refractivity contribution in [2.75, 3.05) is 37.5 Å². The van der Waals surface area contributed by atoms with Crippen molar-refractivity contribution in [1.29, 1.82) is 0 Å². The Morgan fingerprint density at radius 1 is 1.18 bits per heavy atom. The number of nitrogens with one attached hydrogen (secondary N) is 1. The SMILES string of the molecule is COCCCNC(=O)CN1C(=O)CS[C@H](c2ccc(F)cc2F)c2c(C(C)(C)C)nn(-c3ccc(C)cc3)c21. The predicted octanol–water partition coefficient (Wildman–Crippen LogP) is 5.08. The van der Waals surface area contributed by atoms with Crippen LogP contribution in [0, 0.1) is 18.6 Å². The van der Waals surface area contributed by atoms with E-state index >= 15 is 4.39 Å². The van der Waals surface area contributed by atoms with Crippen LogP contribution in [0.2, 0.25) is 0 Å². The van der Waals surface area contributed by atoms with Crippen LogP contribution in [0.25, 0.3) is 5.69 Å². The Morgan fingerprint density at radius 2 is 1.90 bits per heavy atom. The van der Waals surface area contributed by atoms with E-state index in [1.807, 2.05) is 52.0 Å². The van der Waals surface area contributed by atoms with E-state index in [9.17, 15) is 14.0 Å². The molecule has 1 N–H and O–H groups in total. The van der Waals surface area contributed by atoms with Crippen LogP contribution in [0.15, 0.2) is 42.5 Å². The summed E-state index contributed by atoms with van der Waals surface area (Å²) in [5.41, 5.74) is 2.83. The van der Waals surface area contributed by atoms with E-state index in [2.05, 4.69) is 5.32 Å². The van der Waals surface area contributed by atoms with Crippen LogP contribution >= 0.6 is 11.8 Å². The van der Waals surface area contributed by atoms with E-state index in [0.29, 0.717) is 42.3 Å². The zero-order valence-corrected chi connectivity index (χ0v) is 23.7. The maximum atomic E-state index is 15.2. The van der Waals surface area contributed by atoms with Crippen LogP contribution in [0.5, 0.6) is 0 Å². The van der Waals surface area contributed by atoms with E-state index in [4.69, 9.17) is 9.84 Å². The zero-order valence-electron chi connectivity index (χ0n) is 22.9. The van der Waals surface area contributed by atoms with Crippen LogP contribution in [0.1, 0.15) is 54.8 Å². The second-order valence-corrected chi connectivity index (χ2v) is 11.7. The Morgan fingerprint density at radius 3 is 2.54 bits per heavy atom. The standard InChI is InChI=1S/C29H34F2N4O3S/c1-18-7-10-20(11-8-18)35-28-25(27(33-35)29(2,3)4)26(21-12-9-19(30)15-22(21)31)39-17-24(37)34(28)16-23(36)32-13-6-14-38-5/h7-12,15,26H,6,13-14,16-17H2,1-5H3,(H,32,36)/t26-/m1/s1. The summed E-state index contributed by atoms with van der Waals surface area (Å²) >= 11 is 1.25. The highest BCUT2D eigenvalue weighted by Gasteiger charge is 2.40. The van der Waals surface area contributed by atoms with Crippen LogP contribution < -0.4 is 10.2 Å². The summed E-state index contributed by atoms with van der Waals surface area (Å²) in [6.45, 7) is 8.65. The van der Waals surface area contributed by atoms with Crippen molar-refractivity contribution in [3.63, 3.8) is 0 Å². The molecule has 4 rings (SSSR count). The predicted molar refractivity (Wildman–Crippen MR) is 150 cm³/mol. The van der Waals surface area contributed by atoms with Gasteiger partial charge in [0.1, 0.15) is 24.0 Å². The second-order valence-electron chi connectivity index (χ2n) is 10.6. The molecule has 1 aromatic heterocycles. The number of methoxy groups -OCH3 is 1. The fourth-order valence-corrected chi connectivity index (χ4v) is 5.76. The number of rotatable bonds is 8. The molecule has 0 radical (unpaired) electrons. The summed E-state index contributed by atoms with van der Waals surface area (Å²) in [6, 6.07) is 11.2. The molecule has 2 heterocycles. The Bertz CT molecular complexity index is 1350. The number of hydrogen-bond acceptors (Lipinski definition) is 5. The number of nitrogens with zero attached hydrogens (tertiary/aromatic N) is 3. The molecule has 7 nitrogen and oxygen atoms in total. The summed E-state index contributed by atoms with van der Waals surface area (Å²) < 4.78 is 35.8. The van der Waals surface area contributed by atoms with E-state index < -0.39 is 22.3 Å². The van der Waals surface area contributed by atoms with Gasteiger partial charge in [-0.1, -0.05) is 44.5 Å². The molecule has 0 unspecified atom stereocenters. The van der Waals surface area contributed by atoms with Gasteiger partial charge in [-0.05, 0) is 31.5 Å². The molecular formula is C29H34F2N4O3S. The van der Waals surface area contributed by atoms with E-state index in [-0.39, 0.29) is 29.7 Å². The summed E-state index contributed by atoms with van der Waals surface area (Å²) in [5, 5.41) is 7.17. The molecular weight excluding hydrogens is 522 g/mol. The lowest BCUT2D eigenvalue weighted by atomic mass is 9.87. The first-order valence-electron chi connectivity index (χ1n) is 12.8. The molecule has 0 saturated carbocycles. The Labute approximate surface area is 231 Å². The van der Waals surface area contributed by atoms with Crippen LogP contribution in [-0.2, 0) is 19.7 Å². The lowest BCUT2D eigenvalue weighted by Crippen LogP contribution is -2.42. The van der Waals surface area contributed by atoms with Gasteiger partial charge in [0.05, 0.1) is 22.4 Å². The lowest BCUT2D eigenvalue weighted by Gasteiger charge is -2.24. The second kappa shape index (κ2) is 11.9. The van der Waals surface area contributed by atoms with Gasteiger partial charge in [0.25, 0.3) is 0 Å². The Kier molecular flexibility index (Phi) is 8.76. The van der Waals surface area contributed by atoms with Crippen molar-refractivity contribution in [1.82, 2.24) is 15.1 Å². The van der Waals surface area contributed by atoms with Crippen molar-refractivity contribution in [3.05, 3.63) is 76.5 Å². The first-order chi connectivity index (χ1) is 18.5. The van der Waals surface area contributed by atoms with Gasteiger partial charge in [-0.3, -0.25) is 14.5 Å². The van der Waals surface area contributed by atoms with E-state index in [1.165, 1.54) is 28.8 Å². The topological polar surface area (TPSA) is 76.5 Å². The first kappa shape index (κ1) is 28.8. The maximum absolute atomic E-state index is 15.2. The van der Waals surface area contributed by atoms with Crippen molar-refractivity contribution in [2.24, 2.45) is 0 Å². The fourth-order valence-electron chi connectivity index (χ4n) is 4.54. The van der Waals surface area contributed by atoms with Gasteiger partial charge in [-0.2, -0.15) is 5.10 Å². The highest BCUT2D eigenvalue weighted by atomic mass is 32.2. The number of fused-ring (bicyclic) bond motifs is 1. The smallest absolute Gasteiger partial charge is 0.240 e. The highest BCUT2D eigenvalue weighted by Crippen LogP contribution is 2.49. The molecule has 0 fully saturated rings. The summed E-state index contributed by atoms with van der Waals surface area (Å²) in [5.74, 6) is -1.57. The minimum Gasteiger partial charge on any atom is -0.385 e. The fraction of sp³-hybridized carbons (Fsp3) is 0.414. The third kappa shape index (κ3) is 6.33. The molecule has 0 aliphatic carbocycles. The molecule has 2 aromatic carbocycles. The highest BCUT2D eigenvalue weighted by molar-refractivity contribution is 8.00. The normalized spacial score (nSPS) is 15.7. The van der Waals surface area contributed by atoms with Gasteiger partial charge >= 0.3 is 0 Å². The van der Waals surface area contributed by atoms with Crippen LogP contribution in [0.4, 0.5) is 14.6 Å². The molecule has 0 spiro atoms. The Balaban J connectivity index is 1.92. The first-order valence-corrected chi connectivity index (χ1v) is 13.9. The zero-order chi connectivity index (χ0) is 28.3. The van der Waals surface area contributed by atoms with Crippen molar-refractivity contribution < 1.29 is 23.1 Å². The number of carbonyl (C=O) groups is 2. The van der Waals surface area contributed by atoms with Gasteiger partial charge < -0.3 is 10.1 Å². The summed E-state index contributed by atoms with van der Waals surface area (Å²) in [7, 11) is 1.59. The maximum Gasteiger partial charge on any atom is 0.240 e. The van der Waals surface area contributed by atoms with Gasteiger partial charge in [0.15, 0.2) is 0 Å². The molecule has 1 aliphatic rings. The third-order valence-corrected chi connectivity index (χ3v) is 7.71. The van der Waals surface area contributed by atoms with E-state index in [0.717, 1.165) is 11.6 Å². The van der Waals surface area contributed by atoms with Crippen LogP contribution in [-0.4, -0.2) is 54.2 Å². The molecule has 208 valence electrons. The number of aromatic nitrogens is 2. The van der Waals surface area contributed by atoms with Gasteiger partial charge in [-0.25, -0.2) is 13.5 Å². The molecule has 1 aliphatic heterocycles. The summed E-state index contributed by atoms with van der Waals surface area (Å²) in [6.07, 6.45) is 0.638. The number of thioether (sulfide) groups is 1. The number of halogens is 2. The lowest BCUT2D eigenvalue weighted by molar-refractivity contribution is -0.122. The van der Waals surface area contributed by atoms with Crippen molar-refractivity contribution >= 4 is 29.4 Å². The van der Waals surface area contributed by atoms with Crippen LogP contribution in [0.3, 0.4) is 0 Å². The molecule has 0 saturated heterocycles. The molecule has 3 aromatic rings. The molecule has 0 bridgehead atoms. The number of ether oxygens (including phenoxy) is 1. The molecule has 10 heteroatoms. The monoisotopic (exact) mass is 556 g/mol. The van der Waals surface area contributed by atoms with Gasteiger partial charge in [0.2, 0.25) is 11.8 Å². The quantitative estimate of drug-likeness (QED) is 0.392. The minimum atomic E-state index is -0.696. The average molecular weight is 557 g/mol. The number of benzene rings is 2. The number of amides is 2. The van der Waals surface area contributed by atoms with E-state index in [1.54, 1.807) is 11.8 Å². The minimum absolute atomic E-state index is 0.00456. The number of aryl methyl sites for hydroxylation is 1. The summed E-state index contributed by atoms with van der Waals surface area (Å²) in [4.78, 5) is 28.1. The van der Waals surface area contributed by atoms with Crippen molar-refractivity contribution in [3.8, 4) is 5.69 Å². The largest absolute Gasteiger partial charge is 0.385 e.